The van der Waals surface area contributed by atoms with Gasteiger partial charge in [0, 0.05) is 25.7 Å². The first-order valence-electron chi connectivity index (χ1n) is 4.66. The van der Waals surface area contributed by atoms with E-state index in [0.29, 0.717) is 0 Å². The van der Waals surface area contributed by atoms with Crippen LogP contribution in [0.3, 0.4) is 0 Å². The Kier molecular flexibility index (Phi) is 3.93. The van der Waals surface area contributed by atoms with Gasteiger partial charge in [0.1, 0.15) is 0 Å². The Morgan fingerprint density at radius 2 is 2.07 bits per heavy atom. The summed E-state index contributed by atoms with van der Waals surface area (Å²) in [7, 11) is 0. The minimum absolute atomic E-state index is 0.0185. The first-order chi connectivity index (χ1) is 6.89. The normalized spacial score (nSPS) is 20.1. The number of nitrogens with one attached hydrogen (secondary N) is 1. The average molecular weight is 226 g/mol. The van der Waals surface area contributed by atoms with Crippen LogP contribution in [-0.4, -0.2) is 18.3 Å². The number of halogens is 4. The van der Waals surface area contributed by atoms with Crippen molar-refractivity contribution in [3.05, 3.63) is 6.54 Å². The zero-order valence-electron chi connectivity index (χ0n) is 7.98. The molecule has 1 N–H and O–H groups in total. The maximum atomic E-state index is 12.4. The van der Waals surface area contributed by atoms with Crippen LogP contribution >= 0.6 is 0 Å². The van der Waals surface area contributed by atoms with Gasteiger partial charge in [0.05, 0.1) is 6.54 Å². The fourth-order valence-corrected chi connectivity index (χ4v) is 1.51. The molecule has 1 radical (unpaired) electrons. The summed E-state index contributed by atoms with van der Waals surface area (Å²) in [6.45, 7) is 0.962. The third-order valence-corrected chi connectivity index (χ3v) is 2.21. The van der Waals surface area contributed by atoms with Crippen LogP contribution in [0.5, 0.6) is 0 Å². The smallest absolute Gasteiger partial charge is 0.248 e. The van der Waals surface area contributed by atoms with E-state index in [1.807, 2.05) is 0 Å². The molecule has 0 aromatic carbocycles. The standard InChI is InChI=1S/C9H12F4NO/c10-7(11)1-2-14-8(15)3-6-4-9(12,13)5-6/h2,6-7H,1,3-5H2,(H,14,15). The molecule has 0 bridgehead atoms. The van der Waals surface area contributed by atoms with Gasteiger partial charge in [-0.05, 0) is 5.92 Å². The van der Waals surface area contributed by atoms with Crippen LogP contribution in [0, 0.1) is 12.5 Å². The number of hydrogen-bond acceptors (Lipinski definition) is 1. The minimum Gasteiger partial charge on any atom is -0.351 e. The van der Waals surface area contributed by atoms with Gasteiger partial charge >= 0.3 is 0 Å². The van der Waals surface area contributed by atoms with E-state index >= 15 is 0 Å². The molecule has 1 amide bonds. The predicted molar refractivity (Wildman–Crippen MR) is 45.4 cm³/mol. The average Bonchev–Trinajstić information content (AvgIpc) is 1.99. The third-order valence-electron chi connectivity index (χ3n) is 2.21. The molecule has 0 aromatic heterocycles. The quantitative estimate of drug-likeness (QED) is 0.716. The maximum absolute atomic E-state index is 12.4. The molecule has 0 unspecified atom stereocenters. The number of carbonyl (C=O) groups excluding carboxylic acids is 1. The van der Waals surface area contributed by atoms with Crippen LogP contribution in [0.1, 0.15) is 25.7 Å². The van der Waals surface area contributed by atoms with Gasteiger partial charge in [0.2, 0.25) is 18.3 Å². The maximum Gasteiger partial charge on any atom is 0.248 e. The van der Waals surface area contributed by atoms with Crippen molar-refractivity contribution in [1.29, 1.82) is 0 Å². The van der Waals surface area contributed by atoms with Crippen molar-refractivity contribution in [3.63, 3.8) is 0 Å². The Labute approximate surface area is 85.0 Å². The second kappa shape index (κ2) is 4.81. The Hall–Kier alpha value is -0.810. The van der Waals surface area contributed by atoms with E-state index < -0.39 is 24.7 Å². The number of hydrogen-bond donors (Lipinski definition) is 1. The lowest BCUT2D eigenvalue weighted by molar-refractivity contribution is -0.133. The highest BCUT2D eigenvalue weighted by molar-refractivity contribution is 5.76. The molecule has 0 aliphatic heterocycles. The van der Waals surface area contributed by atoms with E-state index in [4.69, 9.17) is 0 Å². The summed E-state index contributed by atoms with van der Waals surface area (Å²) in [6, 6.07) is 0. The number of carbonyl (C=O) groups is 1. The molecule has 1 aliphatic rings. The molecular formula is C9H12F4NO. The lowest BCUT2D eigenvalue weighted by Gasteiger charge is -2.34. The topological polar surface area (TPSA) is 29.1 Å². The summed E-state index contributed by atoms with van der Waals surface area (Å²) in [5.74, 6) is -3.44. The second-order valence-corrected chi connectivity index (χ2v) is 3.73. The van der Waals surface area contributed by atoms with Crippen LogP contribution < -0.4 is 5.32 Å². The Bertz CT molecular complexity index is 224. The van der Waals surface area contributed by atoms with Gasteiger partial charge in [-0.1, -0.05) is 0 Å². The van der Waals surface area contributed by atoms with Crippen LogP contribution in [-0.2, 0) is 4.79 Å². The Balaban J connectivity index is 2.05. The fourth-order valence-electron chi connectivity index (χ4n) is 1.51. The number of amides is 1. The molecule has 0 heterocycles. The van der Waals surface area contributed by atoms with Gasteiger partial charge in [-0.2, -0.15) is 0 Å². The third kappa shape index (κ3) is 4.48. The molecule has 2 nitrogen and oxygen atoms in total. The van der Waals surface area contributed by atoms with Crippen LogP contribution in [0.2, 0.25) is 0 Å². The van der Waals surface area contributed by atoms with Gasteiger partial charge in [0.15, 0.2) is 0 Å². The molecule has 1 fully saturated rings. The summed E-state index contributed by atoms with van der Waals surface area (Å²) in [5.41, 5.74) is 0. The monoisotopic (exact) mass is 226 g/mol. The molecule has 1 saturated carbocycles. The second-order valence-electron chi connectivity index (χ2n) is 3.73. The largest absolute Gasteiger partial charge is 0.351 e. The number of alkyl halides is 4. The van der Waals surface area contributed by atoms with Crippen molar-refractivity contribution in [2.45, 2.75) is 38.0 Å². The van der Waals surface area contributed by atoms with Gasteiger partial charge in [0.25, 0.3) is 0 Å². The first-order valence-corrected chi connectivity index (χ1v) is 4.66. The van der Waals surface area contributed by atoms with E-state index in [9.17, 15) is 22.4 Å². The van der Waals surface area contributed by atoms with Gasteiger partial charge in [-0.15, -0.1) is 0 Å². The Morgan fingerprint density at radius 3 is 2.53 bits per heavy atom. The molecule has 1 rings (SSSR count). The van der Waals surface area contributed by atoms with Crippen molar-refractivity contribution in [1.82, 2.24) is 5.32 Å². The highest BCUT2D eigenvalue weighted by Gasteiger charge is 2.45. The highest BCUT2D eigenvalue weighted by Crippen LogP contribution is 2.43. The van der Waals surface area contributed by atoms with Crippen molar-refractivity contribution >= 4 is 5.91 Å². The van der Waals surface area contributed by atoms with Crippen LogP contribution in [0.15, 0.2) is 0 Å². The molecule has 0 spiro atoms. The lowest BCUT2D eigenvalue weighted by atomic mass is 9.79. The first kappa shape index (κ1) is 12.3. The number of rotatable bonds is 5. The van der Waals surface area contributed by atoms with Crippen LogP contribution in [0.4, 0.5) is 17.6 Å². The predicted octanol–water partition coefficient (Wildman–Crippen LogP) is 2.35. The van der Waals surface area contributed by atoms with Gasteiger partial charge in [-0.25, -0.2) is 17.6 Å². The minimum atomic E-state index is -2.64. The highest BCUT2D eigenvalue weighted by atomic mass is 19.3. The van der Waals surface area contributed by atoms with Crippen molar-refractivity contribution in [2.24, 2.45) is 5.92 Å². The summed E-state index contributed by atoms with van der Waals surface area (Å²) in [5, 5.41) is 2.15. The van der Waals surface area contributed by atoms with E-state index in [0.717, 1.165) is 6.54 Å². The van der Waals surface area contributed by atoms with Crippen LogP contribution in [0.25, 0.3) is 0 Å². The van der Waals surface area contributed by atoms with Crippen molar-refractivity contribution < 1.29 is 22.4 Å². The molecule has 0 aromatic rings. The summed E-state index contributed by atoms with van der Waals surface area (Å²) >= 11 is 0. The van der Waals surface area contributed by atoms with E-state index in [1.54, 1.807) is 0 Å². The molecule has 15 heavy (non-hydrogen) atoms. The van der Waals surface area contributed by atoms with Crippen molar-refractivity contribution in [3.8, 4) is 0 Å². The molecule has 87 valence electrons. The SMILES string of the molecule is O=C(CC1CC(F)(F)C1)N[CH]CC(F)F. The lowest BCUT2D eigenvalue weighted by Crippen LogP contribution is -2.38. The van der Waals surface area contributed by atoms with E-state index in [2.05, 4.69) is 5.32 Å². The zero-order valence-corrected chi connectivity index (χ0v) is 7.98. The van der Waals surface area contributed by atoms with E-state index in [-0.39, 0.29) is 25.2 Å². The van der Waals surface area contributed by atoms with Gasteiger partial charge < -0.3 is 5.32 Å². The van der Waals surface area contributed by atoms with Gasteiger partial charge in [-0.3, -0.25) is 4.79 Å². The van der Waals surface area contributed by atoms with E-state index in [1.165, 1.54) is 0 Å². The fraction of sp³-hybridized carbons (Fsp3) is 0.778. The molecule has 0 atom stereocenters. The summed E-state index contributed by atoms with van der Waals surface area (Å²) in [4.78, 5) is 11.0. The molecule has 0 saturated heterocycles. The summed E-state index contributed by atoms with van der Waals surface area (Å²) < 4.78 is 48.0. The van der Waals surface area contributed by atoms with Crippen molar-refractivity contribution in [2.75, 3.05) is 0 Å². The molecular weight excluding hydrogens is 214 g/mol. The Morgan fingerprint density at radius 1 is 1.47 bits per heavy atom. The summed E-state index contributed by atoms with van der Waals surface area (Å²) in [6.07, 6.45) is -3.61. The molecule has 6 heteroatoms. The molecule has 1 aliphatic carbocycles. The zero-order chi connectivity index (χ0) is 11.5.